The van der Waals surface area contributed by atoms with Gasteiger partial charge in [-0.25, -0.2) is 4.79 Å². The van der Waals surface area contributed by atoms with E-state index in [1.807, 2.05) is 30.9 Å². The zero-order chi connectivity index (χ0) is 15.9. The van der Waals surface area contributed by atoms with Crippen LogP contribution in [0.4, 0.5) is 4.79 Å². The number of aryl methyl sites for hydroxylation is 2. The summed E-state index contributed by atoms with van der Waals surface area (Å²) in [5.41, 5.74) is 2.34. The maximum atomic E-state index is 12.0. The van der Waals surface area contributed by atoms with Crippen LogP contribution in [-0.2, 0) is 0 Å². The largest absolute Gasteiger partial charge is 0.492 e. The molecule has 2 amide bonds. The molecule has 0 bridgehead atoms. The molecule has 1 saturated heterocycles. The summed E-state index contributed by atoms with van der Waals surface area (Å²) in [6.07, 6.45) is 1.76. The number of nitrogens with one attached hydrogen (secondary N) is 1. The van der Waals surface area contributed by atoms with Gasteiger partial charge >= 0.3 is 6.03 Å². The van der Waals surface area contributed by atoms with Crippen LogP contribution in [0.15, 0.2) is 18.2 Å². The lowest BCUT2D eigenvalue weighted by atomic mass is 9.98. The molecule has 1 aliphatic rings. The number of amides is 2. The monoisotopic (exact) mass is 306 g/mol. The topological polar surface area (TPSA) is 61.8 Å². The van der Waals surface area contributed by atoms with E-state index in [2.05, 4.69) is 11.4 Å². The third-order valence-corrected chi connectivity index (χ3v) is 4.00. The number of carbonyl (C=O) groups excluding carboxylic acids is 1. The van der Waals surface area contributed by atoms with Crippen molar-refractivity contribution in [1.29, 1.82) is 0 Å². The van der Waals surface area contributed by atoms with E-state index in [1.54, 1.807) is 0 Å². The molecule has 1 heterocycles. The Balaban J connectivity index is 1.67. The Kier molecular flexibility index (Phi) is 6.07. The maximum Gasteiger partial charge on any atom is 0.317 e. The summed E-state index contributed by atoms with van der Waals surface area (Å²) in [5, 5.41) is 12.0. The van der Waals surface area contributed by atoms with Gasteiger partial charge in [-0.3, -0.25) is 0 Å². The second-order valence-corrected chi connectivity index (χ2v) is 6.02. The van der Waals surface area contributed by atoms with Crippen LogP contribution in [0.3, 0.4) is 0 Å². The van der Waals surface area contributed by atoms with Crippen molar-refractivity contribution in [1.82, 2.24) is 10.2 Å². The van der Waals surface area contributed by atoms with Crippen molar-refractivity contribution in [3.05, 3.63) is 29.3 Å². The average Bonchev–Trinajstić information content (AvgIpc) is 2.50. The van der Waals surface area contributed by atoms with Crippen molar-refractivity contribution in [2.24, 2.45) is 5.92 Å². The first-order valence-electron chi connectivity index (χ1n) is 7.93. The van der Waals surface area contributed by atoms with Crippen molar-refractivity contribution < 1.29 is 14.6 Å². The Morgan fingerprint density at radius 3 is 2.50 bits per heavy atom. The van der Waals surface area contributed by atoms with Gasteiger partial charge in [0.2, 0.25) is 0 Å². The highest BCUT2D eigenvalue weighted by Gasteiger charge is 2.21. The first-order chi connectivity index (χ1) is 10.6. The van der Waals surface area contributed by atoms with Crippen molar-refractivity contribution in [2.45, 2.75) is 26.7 Å². The van der Waals surface area contributed by atoms with E-state index in [4.69, 9.17) is 9.84 Å². The van der Waals surface area contributed by atoms with Gasteiger partial charge in [-0.05, 0) is 55.9 Å². The Morgan fingerprint density at radius 2 is 1.91 bits per heavy atom. The van der Waals surface area contributed by atoms with Crippen molar-refractivity contribution in [2.75, 3.05) is 32.8 Å². The quantitative estimate of drug-likeness (QED) is 0.819. The summed E-state index contributed by atoms with van der Waals surface area (Å²) in [5.74, 6) is 1.19. The van der Waals surface area contributed by atoms with E-state index in [1.165, 1.54) is 11.1 Å². The van der Waals surface area contributed by atoms with Gasteiger partial charge in [-0.1, -0.05) is 6.07 Å². The lowest BCUT2D eigenvalue weighted by Gasteiger charge is -2.31. The van der Waals surface area contributed by atoms with Gasteiger partial charge in [0, 0.05) is 19.7 Å². The Hall–Kier alpha value is -1.75. The van der Waals surface area contributed by atoms with E-state index >= 15 is 0 Å². The Morgan fingerprint density at radius 1 is 1.27 bits per heavy atom. The molecule has 1 aromatic carbocycles. The maximum absolute atomic E-state index is 12.0. The highest BCUT2D eigenvalue weighted by molar-refractivity contribution is 5.74. The Labute approximate surface area is 132 Å². The fourth-order valence-electron chi connectivity index (χ4n) is 2.77. The van der Waals surface area contributed by atoms with Crippen molar-refractivity contribution >= 4 is 6.03 Å². The number of piperidine rings is 1. The second kappa shape index (κ2) is 8.03. The second-order valence-electron chi connectivity index (χ2n) is 6.02. The molecule has 22 heavy (non-hydrogen) atoms. The van der Waals surface area contributed by atoms with E-state index in [0.717, 1.165) is 31.7 Å². The highest BCUT2D eigenvalue weighted by atomic mass is 16.5. The first-order valence-corrected chi connectivity index (χ1v) is 7.93. The standard InChI is InChI=1S/C17H26N2O3/c1-13-9-14(2)11-16(10-13)22-8-5-18-17(21)19-6-3-15(12-20)4-7-19/h9-11,15,20H,3-8,12H2,1-2H3,(H,18,21). The third-order valence-electron chi connectivity index (χ3n) is 4.00. The smallest absolute Gasteiger partial charge is 0.317 e. The molecular weight excluding hydrogens is 280 g/mol. The number of likely N-dealkylation sites (tertiary alicyclic amines) is 1. The van der Waals surface area contributed by atoms with Crippen LogP contribution in [-0.4, -0.2) is 48.9 Å². The van der Waals surface area contributed by atoms with Crippen LogP contribution >= 0.6 is 0 Å². The van der Waals surface area contributed by atoms with Crippen LogP contribution in [0, 0.1) is 19.8 Å². The predicted octanol–water partition coefficient (Wildman–Crippen LogP) is 2.10. The number of hydrogen-bond donors (Lipinski definition) is 2. The molecule has 0 unspecified atom stereocenters. The van der Waals surface area contributed by atoms with E-state index < -0.39 is 0 Å². The first kappa shape index (κ1) is 16.6. The van der Waals surface area contributed by atoms with E-state index in [0.29, 0.717) is 19.1 Å². The average molecular weight is 306 g/mol. The number of aliphatic hydroxyl groups is 1. The molecule has 1 fully saturated rings. The zero-order valence-corrected chi connectivity index (χ0v) is 13.5. The van der Waals surface area contributed by atoms with Gasteiger partial charge in [-0.15, -0.1) is 0 Å². The van der Waals surface area contributed by atoms with Gasteiger partial charge in [0.25, 0.3) is 0 Å². The lowest BCUT2D eigenvalue weighted by molar-refractivity contribution is 0.136. The minimum Gasteiger partial charge on any atom is -0.492 e. The summed E-state index contributed by atoms with van der Waals surface area (Å²) in [6.45, 7) is 6.69. The SMILES string of the molecule is Cc1cc(C)cc(OCCNC(=O)N2CCC(CO)CC2)c1. The Bertz CT molecular complexity index is 476. The lowest BCUT2D eigenvalue weighted by Crippen LogP contribution is -2.45. The number of ether oxygens (including phenoxy) is 1. The van der Waals surface area contributed by atoms with Gasteiger partial charge < -0.3 is 20.1 Å². The molecule has 0 saturated carbocycles. The van der Waals surface area contributed by atoms with Gasteiger partial charge in [0.1, 0.15) is 12.4 Å². The molecule has 0 atom stereocenters. The number of rotatable bonds is 5. The predicted molar refractivity (Wildman–Crippen MR) is 86.2 cm³/mol. The molecule has 2 N–H and O–H groups in total. The fraction of sp³-hybridized carbons (Fsp3) is 0.588. The third kappa shape index (κ3) is 4.91. The van der Waals surface area contributed by atoms with E-state index in [9.17, 15) is 4.79 Å². The number of aliphatic hydroxyl groups excluding tert-OH is 1. The molecule has 0 aromatic heterocycles. The normalized spacial score (nSPS) is 15.7. The van der Waals surface area contributed by atoms with Crippen LogP contribution in [0.5, 0.6) is 5.75 Å². The summed E-state index contributed by atoms with van der Waals surface area (Å²) in [6, 6.07) is 6.05. The molecule has 5 nitrogen and oxygen atoms in total. The molecule has 122 valence electrons. The number of nitrogens with zero attached hydrogens (tertiary/aromatic N) is 1. The summed E-state index contributed by atoms with van der Waals surface area (Å²) in [7, 11) is 0. The van der Waals surface area contributed by atoms with E-state index in [-0.39, 0.29) is 12.6 Å². The van der Waals surface area contributed by atoms with Crippen molar-refractivity contribution in [3.63, 3.8) is 0 Å². The molecule has 1 aromatic rings. The van der Waals surface area contributed by atoms with Gasteiger partial charge in [0.05, 0.1) is 6.54 Å². The minimum atomic E-state index is -0.0413. The molecule has 0 radical (unpaired) electrons. The highest BCUT2D eigenvalue weighted by Crippen LogP contribution is 2.17. The molecule has 2 rings (SSSR count). The van der Waals surface area contributed by atoms with Crippen molar-refractivity contribution in [3.8, 4) is 5.75 Å². The zero-order valence-electron chi connectivity index (χ0n) is 13.5. The number of carbonyl (C=O) groups is 1. The molecule has 0 aliphatic carbocycles. The number of hydrogen-bond acceptors (Lipinski definition) is 3. The van der Waals surface area contributed by atoms with Gasteiger partial charge in [0.15, 0.2) is 0 Å². The van der Waals surface area contributed by atoms with Crippen LogP contribution in [0.25, 0.3) is 0 Å². The number of urea groups is 1. The molecule has 1 aliphatic heterocycles. The molecule has 5 heteroatoms. The number of benzene rings is 1. The van der Waals surface area contributed by atoms with Gasteiger partial charge in [-0.2, -0.15) is 0 Å². The van der Waals surface area contributed by atoms with Crippen LogP contribution in [0.2, 0.25) is 0 Å². The molecule has 0 spiro atoms. The van der Waals surface area contributed by atoms with Crippen LogP contribution in [0.1, 0.15) is 24.0 Å². The molecular formula is C17H26N2O3. The summed E-state index contributed by atoms with van der Waals surface area (Å²) >= 11 is 0. The summed E-state index contributed by atoms with van der Waals surface area (Å²) < 4.78 is 5.67. The minimum absolute atomic E-state index is 0.0413. The fourth-order valence-corrected chi connectivity index (χ4v) is 2.77. The summed E-state index contributed by atoms with van der Waals surface area (Å²) in [4.78, 5) is 13.8. The van der Waals surface area contributed by atoms with Crippen LogP contribution < -0.4 is 10.1 Å².